The van der Waals surface area contributed by atoms with Gasteiger partial charge < -0.3 is 0 Å². The minimum absolute atomic E-state index is 0.783. The summed E-state index contributed by atoms with van der Waals surface area (Å²) >= 11 is 0. The van der Waals surface area contributed by atoms with E-state index in [4.69, 9.17) is 19.9 Å². The Bertz CT molecular complexity index is 2850. The number of aryl methyl sites for hydroxylation is 2. The Labute approximate surface area is 322 Å². The number of benzene rings is 4. The Hall–Kier alpha value is -6.52. The molecule has 0 saturated heterocycles. The molecular weight excluding hydrogens is 669 g/mol. The molecule has 3 heterocycles. The molecule has 0 fully saturated rings. The van der Waals surface area contributed by atoms with Crippen LogP contribution < -0.4 is 0 Å². The second-order valence-electron chi connectivity index (χ2n) is 14.7. The first-order chi connectivity index (χ1) is 26.9. The first-order valence-electron chi connectivity index (χ1n) is 19.2. The number of fused-ring (bicyclic) bond motifs is 6. The van der Waals surface area contributed by atoms with E-state index in [9.17, 15) is 0 Å². The summed E-state index contributed by atoms with van der Waals surface area (Å²) in [5.41, 5.74) is 17.3. The van der Waals surface area contributed by atoms with Gasteiger partial charge in [0, 0.05) is 39.2 Å². The molecule has 0 radical (unpaired) electrons. The molecule has 4 nitrogen and oxygen atoms in total. The molecule has 4 heteroatoms. The Kier molecular flexibility index (Phi) is 8.95. The molecule has 0 unspecified atom stereocenters. The Morgan fingerprint density at radius 1 is 0.727 bits per heavy atom. The third kappa shape index (κ3) is 6.44. The topological polar surface area (TPSA) is 51.0 Å². The maximum absolute atomic E-state index is 5.30. The van der Waals surface area contributed by atoms with E-state index in [0.717, 1.165) is 98.2 Å². The summed E-state index contributed by atoms with van der Waals surface area (Å²) < 4.78 is 0. The Morgan fingerprint density at radius 3 is 2.31 bits per heavy atom. The van der Waals surface area contributed by atoms with Crippen molar-refractivity contribution in [1.82, 2.24) is 15.0 Å². The average molecular weight is 711 g/mol. The minimum atomic E-state index is 0.783. The second kappa shape index (κ2) is 14.4. The van der Waals surface area contributed by atoms with Crippen molar-refractivity contribution in [2.24, 2.45) is 4.99 Å². The highest BCUT2D eigenvalue weighted by molar-refractivity contribution is 6.06. The number of nitrogens with zero attached hydrogens (tertiary/aromatic N) is 4. The summed E-state index contributed by atoms with van der Waals surface area (Å²) in [5.74, 6) is 0. The van der Waals surface area contributed by atoms with Crippen LogP contribution in [0.25, 0.3) is 72.3 Å². The van der Waals surface area contributed by atoms with Gasteiger partial charge in [-0.05, 0) is 116 Å². The van der Waals surface area contributed by atoms with Crippen LogP contribution in [0.3, 0.4) is 0 Å². The maximum Gasteiger partial charge on any atom is 0.0972 e. The second-order valence-corrected chi connectivity index (χ2v) is 14.7. The Morgan fingerprint density at radius 2 is 1.47 bits per heavy atom. The molecule has 0 amide bonds. The van der Waals surface area contributed by atoms with E-state index >= 15 is 0 Å². The number of aliphatic imine (C=N–C) groups is 1. The molecule has 0 atom stereocenters. The predicted octanol–water partition coefficient (Wildman–Crippen LogP) is 13.1. The van der Waals surface area contributed by atoms with Crippen molar-refractivity contribution in [1.29, 1.82) is 0 Å². The van der Waals surface area contributed by atoms with E-state index < -0.39 is 0 Å². The SMILES string of the molecule is C=C(/C=C\N=C(C)c1cccc(-c2nc3c(c4c(C)c(C5=C(C)CCC=C5)ccc24)CCC=C3)c1)c1ccc2ccc3ccc(-c4ccccc4)nc3c2n1. The van der Waals surface area contributed by atoms with Crippen molar-refractivity contribution in [3.05, 3.63) is 179 Å². The lowest BCUT2D eigenvalue weighted by molar-refractivity contribution is 0.966. The molecule has 3 aromatic heterocycles. The van der Waals surface area contributed by atoms with Gasteiger partial charge in [-0.15, -0.1) is 0 Å². The van der Waals surface area contributed by atoms with Crippen molar-refractivity contribution in [3.63, 3.8) is 0 Å². The predicted molar refractivity (Wildman–Crippen MR) is 233 cm³/mol. The van der Waals surface area contributed by atoms with E-state index in [0.29, 0.717) is 0 Å². The highest BCUT2D eigenvalue weighted by Crippen LogP contribution is 2.40. The van der Waals surface area contributed by atoms with Gasteiger partial charge in [0.15, 0.2) is 0 Å². The van der Waals surface area contributed by atoms with Gasteiger partial charge in [-0.2, -0.15) is 0 Å². The fourth-order valence-corrected chi connectivity index (χ4v) is 8.10. The normalized spacial score (nSPS) is 14.4. The number of allylic oxidation sites excluding steroid dienone is 7. The molecule has 0 saturated carbocycles. The fraction of sp³-hybridized carbons (Fsp3) is 0.137. The quantitative estimate of drug-likeness (QED) is 0.0940. The zero-order chi connectivity index (χ0) is 37.5. The molecule has 0 bridgehead atoms. The smallest absolute Gasteiger partial charge is 0.0972 e. The van der Waals surface area contributed by atoms with Crippen LogP contribution in [0.2, 0.25) is 0 Å². The molecular formula is C51H42N4. The molecule has 266 valence electrons. The number of rotatable bonds is 7. The summed E-state index contributed by atoms with van der Waals surface area (Å²) in [4.78, 5) is 20.3. The molecule has 9 rings (SSSR count). The van der Waals surface area contributed by atoms with Crippen molar-refractivity contribution < 1.29 is 0 Å². The van der Waals surface area contributed by atoms with Crippen molar-refractivity contribution >= 4 is 55.5 Å². The molecule has 0 N–H and O–H groups in total. The van der Waals surface area contributed by atoms with E-state index in [1.807, 2.05) is 43.5 Å². The molecule has 7 aromatic rings. The molecule has 0 spiro atoms. The van der Waals surface area contributed by atoms with Gasteiger partial charge in [0.2, 0.25) is 0 Å². The minimum Gasteiger partial charge on any atom is -0.261 e. The van der Waals surface area contributed by atoms with Gasteiger partial charge in [0.1, 0.15) is 0 Å². The molecule has 2 aliphatic carbocycles. The van der Waals surface area contributed by atoms with Crippen LogP contribution in [-0.2, 0) is 6.42 Å². The summed E-state index contributed by atoms with van der Waals surface area (Å²) in [6, 6.07) is 36.0. The molecule has 55 heavy (non-hydrogen) atoms. The van der Waals surface area contributed by atoms with Crippen LogP contribution in [0.5, 0.6) is 0 Å². The van der Waals surface area contributed by atoms with Crippen molar-refractivity contribution in [3.8, 4) is 22.5 Å². The van der Waals surface area contributed by atoms with E-state index in [-0.39, 0.29) is 0 Å². The monoisotopic (exact) mass is 710 g/mol. The Balaban J connectivity index is 1.03. The molecule has 2 aliphatic rings. The highest BCUT2D eigenvalue weighted by atomic mass is 14.8. The number of aromatic nitrogens is 3. The van der Waals surface area contributed by atoms with Gasteiger partial charge in [0.05, 0.1) is 33.8 Å². The van der Waals surface area contributed by atoms with Crippen LogP contribution in [0.15, 0.2) is 151 Å². The summed E-state index contributed by atoms with van der Waals surface area (Å²) in [6.45, 7) is 11.0. The van der Waals surface area contributed by atoms with Crippen LogP contribution in [0.4, 0.5) is 0 Å². The summed E-state index contributed by atoms with van der Waals surface area (Å²) in [5, 5.41) is 4.65. The van der Waals surface area contributed by atoms with Crippen LogP contribution >= 0.6 is 0 Å². The van der Waals surface area contributed by atoms with Gasteiger partial charge in [-0.1, -0.05) is 115 Å². The lowest BCUT2D eigenvalue weighted by atomic mass is 9.85. The molecule has 4 aromatic carbocycles. The largest absolute Gasteiger partial charge is 0.261 e. The number of hydrogen-bond acceptors (Lipinski definition) is 4. The van der Waals surface area contributed by atoms with Crippen LogP contribution in [0, 0.1) is 6.92 Å². The van der Waals surface area contributed by atoms with Gasteiger partial charge in [-0.3, -0.25) is 4.99 Å². The molecule has 0 aliphatic heterocycles. The van der Waals surface area contributed by atoms with E-state index in [1.54, 1.807) is 0 Å². The van der Waals surface area contributed by atoms with Gasteiger partial charge >= 0.3 is 0 Å². The summed E-state index contributed by atoms with van der Waals surface area (Å²) in [7, 11) is 0. The first-order valence-corrected chi connectivity index (χ1v) is 19.2. The number of hydrogen-bond donors (Lipinski definition) is 0. The first kappa shape index (κ1) is 34.3. The van der Waals surface area contributed by atoms with Gasteiger partial charge in [-0.25, -0.2) is 15.0 Å². The van der Waals surface area contributed by atoms with Crippen LogP contribution in [0.1, 0.15) is 66.8 Å². The van der Waals surface area contributed by atoms with E-state index in [1.165, 1.54) is 38.6 Å². The highest BCUT2D eigenvalue weighted by Gasteiger charge is 2.20. The lowest BCUT2D eigenvalue weighted by Gasteiger charge is -2.22. The third-order valence-corrected chi connectivity index (χ3v) is 11.1. The zero-order valence-corrected chi connectivity index (χ0v) is 31.6. The van der Waals surface area contributed by atoms with E-state index in [2.05, 4.69) is 124 Å². The van der Waals surface area contributed by atoms with Crippen LogP contribution in [-0.4, -0.2) is 20.7 Å². The average Bonchev–Trinajstić information content (AvgIpc) is 3.23. The summed E-state index contributed by atoms with van der Waals surface area (Å²) in [6.07, 6.45) is 17.1. The standard InChI is InChI=1S/C51H42N4/c1-32-13-8-9-18-41(32)42-25-26-44-48(34(42)3)43-19-10-11-20-47(43)55-49(44)40-17-12-16-39(31-40)35(4)52-30-29-33(2)45-27-23-37-21-22-38-24-28-46(36-14-6-5-7-15-36)54-51(38)50(37)53-45/h5-7,9,11-12,14-18,20-31H,2,8,10,13,19H2,1,3-4H3/b30-29-,52-35?. The fourth-order valence-electron chi connectivity index (χ4n) is 8.10. The van der Waals surface area contributed by atoms with Crippen molar-refractivity contribution in [2.75, 3.05) is 0 Å². The third-order valence-electron chi connectivity index (χ3n) is 11.1. The number of pyridine rings is 3. The lowest BCUT2D eigenvalue weighted by Crippen LogP contribution is -2.05. The maximum atomic E-state index is 5.30. The zero-order valence-electron chi connectivity index (χ0n) is 31.6. The van der Waals surface area contributed by atoms with Crippen molar-refractivity contribution in [2.45, 2.75) is 46.5 Å². The van der Waals surface area contributed by atoms with Gasteiger partial charge in [0.25, 0.3) is 0 Å².